The van der Waals surface area contributed by atoms with Crippen LogP contribution in [0.1, 0.15) is 16.7 Å². The number of aryl methyl sites for hydroxylation is 2. The van der Waals surface area contributed by atoms with Gasteiger partial charge < -0.3 is 4.74 Å². The van der Waals surface area contributed by atoms with Crippen molar-refractivity contribution in [2.75, 3.05) is 13.1 Å². The monoisotopic (exact) mass is 386 g/mol. The summed E-state index contributed by atoms with van der Waals surface area (Å²) in [5.41, 5.74) is 0.849. The molecule has 0 amide bonds. The summed E-state index contributed by atoms with van der Waals surface area (Å²) in [6.45, 7) is 3.65. The van der Waals surface area contributed by atoms with Crippen LogP contribution in [0, 0.1) is 13.8 Å². The first-order valence-corrected chi connectivity index (χ1v) is 9.29. The van der Waals surface area contributed by atoms with Crippen molar-refractivity contribution >= 4 is 10.0 Å². The molecular weight excluding hydrogens is 369 g/mol. The summed E-state index contributed by atoms with van der Waals surface area (Å²) in [6.07, 6.45) is -4.06. The number of nitrogens with zero attached hydrogens (tertiary/aromatic N) is 2. The van der Waals surface area contributed by atoms with Gasteiger partial charge in [-0.3, -0.25) is 0 Å². The topological polar surface area (TPSA) is 59.5 Å². The standard InChI is InChI=1S/C17H17F3N2O3S/c1-11-5-6-14(8-12(11)2)26(23,24)22-9-13(10-22)25-16-15(17(18,19)20)4-3-7-21-16/h3-8,13H,9-10H2,1-2H3. The first-order chi connectivity index (χ1) is 12.1. The van der Waals surface area contributed by atoms with Crippen LogP contribution in [0.5, 0.6) is 5.88 Å². The van der Waals surface area contributed by atoms with E-state index in [1.165, 1.54) is 22.6 Å². The average molecular weight is 386 g/mol. The van der Waals surface area contributed by atoms with Crippen molar-refractivity contribution in [3.8, 4) is 5.88 Å². The molecule has 3 rings (SSSR count). The summed E-state index contributed by atoms with van der Waals surface area (Å²) in [4.78, 5) is 3.78. The molecule has 9 heteroatoms. The fraction of sp³-hybridized carbons (Fsp3) is 0.353. The second kappa shape index (κ2) is 6.55. The Labute approximate surface area is 149 Å². The van der Waals surface area contributed by atoms with Gasteiger partial charge in [-0.15, -0.1) is 0 Å². The molecule has 0 bridgehead atoms. The molecule has 5 nitrogen and oxygen atoms in total. The molecule has 0 aliphatic carbocycles. The van der Waals surface area contributed by atoms with E-state index in [-0.39, 0.29) is 18.0 Å². The second-order valence-electron chi connectivity index (χ2n) is 6.16. The fourth-order valence-electron chi connectivity index (χ4n) is 2.55. The van der Waals surface area contributed by atoms with E-state index in [1.54, 1.807) is 12.1 Å². The van der Waals surface area contributed by atoms with E-state index in [2.05, 4.69) is 4.98 Å². The Morgan fingerprint density at radius 2 is 1.85 bits per heavy atom. The second-order valence-corrected chi connectivity index (χ2v) is 8.10. The molecule has 1 fully saturated rings. The number of pyridine rings is 1. The number of alkyl halides is 3. The lowest BCUT2D eigenvalue weighted by atomic mass is 10.1. The molecular formula is C17H17F3N2O3S. The van der Waals surface area contributed by atoms with Crippen molar-refractivity contribution in [3.05, 3.63) is 53.2 Å². The SMILES string of the molecule is Cc1ccc(S(=O)(=O)N2CC(Oc3ncccc3C(F)(F)F)C2)cc1C. The molecule has 140 valence electrons. The number of halogens is 3. The van der Waals surface area contributed by atoms with Crippen molar-refractivity contribution in [2.24, 2.45) is 0 Å². The van der Waals surface area contributed by atoms with Crippen molar-refractivity contribution in [1.82, 2.24) is 9.29 Å². The third kappa shape index (κ3) is 3.54. The molecule has 0 spiro atoms. The maximum atomic E-state index is 13.0. The molecule has 0 atom stereocenters. The van der Waals surface area contributed by atoms with Crippen LogP contribution in [0.2, 0.25) is 0 Å². The highest BCUT2D eigenvalue weighted by Crippen LogP contribution is 2.36. The van der Waals surface area contributed by atoms with Crippen LogP contribution < -0.4 is 4.74 Å². The van der Waals surface area contributed by atoms with Gasteiger partial charge in [-0.25, -0.2) is 13.4 Å². The molecule has 1 aromatic carbocycles. The van der Waals surface area contributed by atoms with Crippen LogP contribution >= 0.6 is 0 Å². The average Bonchev–Trinajstić information content (AvgIpc) is 2.52. The predicted octanol–water partition coefficient (Wildman–Crippen LogP) is 3.17. The van der Waals surface area contributed by atoms with Crippen LogP contribution in [0.15, 0.2) is 41.4 Å². The molecule has 2 heterocycles. The minimum absolute atomic E-state index is 0.0247. The van der Waals surface area contributed by atoms with Gasteiger partial charge in [0.2, 0.25) is 15.9 Å². The molecule has 1 aliphatic rings. The zero-order valence-corrected chi connectivity index (χ0v) is 14.9. The predicted molar refractivity (Wildman–Crippen MR) is 88.3 cm³/mol. The lowest BCUT2D eigenvalue weighted by Gasteiger charge is -2.37. The molecule has 0 radical (unpaired) electrons. The van der Waals surface area contributed by atoms with E-state index in [0.29, 0.717) is 0 Å². The van der Waals surface area contributed by atoms with Gasteiger partial charge in [-0.2, -0.15) is 17.5 Å². The van der Waals surface area contributed by atoms with Crippen LogP contribution in [-0.4, -0.2) is 36.9 Å². The Bertz CT molecular complexity index is 923. The van der Waals surface area contributed by atoms with Crippen LogP contribution in [0.4, 0.5) is 13.2 Å². The molecule has 1 aliphatic heterocycles. The highest BCUT2D eigenvalue weighted by Gasteiger charge is 2.41. The number of rotatable bonds is 4. The van der Waals surface area contributed by atoms with E-state index in [0.717, 1.165) is 17.2 Å². The van der Waals surface area contributed by atoms with Crippen molar-refractivity contribution < 1.29 is 26.3 Å². The first-order valence-electron chi connectivity index (χ1n) is 7.85. The van der Waals surface area contributed by atoms with Gasteiger partial charge in [0.15, 0.2) is 0 Å². The Balaban J connectivity index is 1.71. The Morgan fingerprint density at radius 1 is 1.15 bits per heavy atom. The van der Waals surface area contributed by atoms with Crippen LogP contribution in [0.3, 0.4) is 0 Å². The highest BCUT2D eigenvalue weighted by molar-refractivity contribution is 7.89. The number of hydrogen-bond donors (Lipinski definition) is 0. The zero-order chi connectivity index (χ0) is 19.1. The normalized spacial score (nSPS) is 16.3. The molecule has 0 saturated carbocycles. The summed E-state index contributed by atoms with van der Waals surface area (Å²) in [6, 6.07) is 6.88. The number of benzene rings is 1. The highest BCUT2D eigenvalue weighted by atomic mass is 32.2. The lowest BCUT2D eigenvalue weighted by molar-refractivity contribution is -0.140. The first kappa shape index (κ1) is 18.7. The van der Waals surface area contributed by atoms with E-state index in [4.69, 9.17) is 4.74 Å². The fourth-order valence-corrected chi connectivity index (χ4v) is 4.14. The van der Waals surface area contributed by atoms with Crippen molar-refractivity contribution in [1.29, 1.82) is 0 Å². The minimum atomic E-state index is -4.58. The number of hydrogen-bond acceptors (Lipinski definition) is 4. The Kier molecular flexibility index (Phi) is 4.70. The summed E-state index contributed by atoms with van der Waals surface area (Å²) in [7, 11) is -3.69. The number of sulfonamides is 1. The summed E-state index contributed by atoms with van der Waals surface area (Å²) in [5.74, 6) is -0.534. The van der Waals surface area contributed by atoms with Gasteiger partial charge in [-0.05, 0) is 49.2 Å². The Morgan fingerprint density at radius 3 is 2.46 bits per heavy atom. The summed E-state index contributed by atoms with van der Waals surface area (Å²) < 4.78 is 70.5. The Hall–Kier alpha value is -2.13. The number of aromatic nitrogens is 1. The van der Waals surface area contributed by atoms with Gasteiger partial charge in [0, 0.05) is 6.20 Å². The molecule has 26 heavy (non-hydrogen) atoms. The van der Waals surface area contributed by atoms with E-state index >= 15 is 0 Å². The van der Waals surface area contributed by atoms with E-state index in [1.807, 2.05) is 13.8 Å². The molecule has 0 unspecified atom stereocenters. The van der Waals surface area contributed by atoms with Crippen LogP contribution in [-0.2, 0) is 16.2 Å². The maximum absolute atomic E-state index is 13.0. The molecule has 0 N–H and O–H groups in total. The minimum Gasteiger partial charge on any atom is -0.471 e. The number of ether oxygens (including phenoxy) is 1. The third-order valence-corrected chi connectivity index (χ3v) is 6.11. The van der Waals surface area contributed by atoms with E-state index in [9.17, 15) is 21.6 Å². The van der Waals surface area contributed by atoms with Crippen molar-refractivity contribution in [3.63, 3.8) is 0 Å². The van der Waals surface area contributed by atoms with Crippen LogP contribution in [0.25, 0.3) is 0 Å². The molecule has 1 saturated heterocycles. The quantitative estimate of drug-likeness (QED) is 0.810. The molecule has 1 aromatic heterocycles. The van der Waals surface area contributed by atoms with Gasteiger partial charge >= 0.3 is 6.18 Å². The smallest absolute Gasteiger partial charge is 0.421 e. The zero-order valence-electron chi connectivity index (χ0n) is 14.1. The largest absolute Gasteiger partial charge is 0.471 e. The van der Waals surface area contributed by atoms with Gasteiger partial charge in [0.25, 0.3) is 0 Å². The van der Waals surface area contributed by atoms with Gasteiger partial charge in [-0.1, -0.05) is 6.07 Å². The van der Waals surface area contributed by atoms with Crippen molar-refractivity contribution in [2.45, 2.75) is 31.0 Å². The maximum Gasteiger partial charge on any atom is 0.421 e. The van der Waals surface area contributed by atoms with Gasteiger partial charge in [0.1, 0.15) is 11.7 Å². The lowest BCUT2D eigenvalue weighted by Crippen LogP contribution is -2.56. The van der Waals surface area contributed by atoms with Gasteiger partial charge in [0.05, 0.1) is 18.0 Å². The molecule has 2 aromatic rings. The third-order valence-electron chi connectivity index (χ3n) is 4.29. The summed E-state index contributed by atoms with van der Waals surface area (Å²) in [5, 5.41) is 0. The van der Waals surface area contributed by atoms with E-state index < -0.39 is 33.7 Å². The summed E-state index contributed by atoms with van der Waals surface area (Å²) >= 11 is 0.